The van der Waals surface area contributed by atoms with E-state index >= 15 is 0 Å². The Morgan fingerprint density at radius 2 is 1.71 bits per heavy atom. The van der Waals surface area contributed by atoms with Gasteiger partial charge in [-0.25, -0.2) is 0 Å². The SMILES string of the molecule is O=C(NNC(=O)c1cn[nH]c1-c1ccc(Cl)cc1)c1ccc(COc2ccccc2)o1. The Balaban J connectivity index is 1.34. The molecule has 9 heteroatoms. The zero-order chi connectivity index (χ0) is 21.6. The predicted molar refractivity (Wildman–Crippen MR) is 113 cm³/mol. The number of para-hydroxylation sites is 1. The van der Waals surface area contributed by atoms with Gasteiger partial charge >= 0.3 is 5.91 Å². The molecular weight excluding hydrogens is 420 g/mol. The lowest BCUT2D eigenvalue weighted by Gasteiger charge is -2.07. The largest absolute Gasteiger partial charge is 0.486 e. The third-order valence-corrected chi connectivity index (χ3v) is 4.57. The molecule has 2 aromatic carbocycles. The van der Waals surface area contributed by atoms with E-state index in [0.29, 0.717) is 22.2 Å². The number of nitrogens with one attached hydrogen (secondary N) is 3. The number of halogens is 1. The third kappa shape index (κ3) is 4.93. The van der Waals surface area contributed by atoms with Gasteiger partial charge in [-0.1, -0.05) is 41.9 Å². The summed E-state index contributed by atoms with van der Waals surface area (Å²) in [6, 6.07) is 19.3. The van der Waals surface area contributed by atoms with Gasteiger partial charge in [-0.15, -0.1) is 0 Å². The van der Waals surface area contributed by atoms with Crippen LogP contribution in [-0.2, 0) is 6.61 Å². The van der Waals surface area contributed by atoms with Gasteiger partial charge < -0.3 is 9.15 Å². The first kappa shape index (κ1) is 20.2. The number of rotatable bonds is 6. The van der Waals surface area contributed by atoms with Crippen LogP contribution >= 0.6 is 11.6 Å². The topological polar surface area (TPSA) is 109 Å². The minimum absolute atomic E-state index is 0.0390. The quantitative estimate of drug-likeness (QED) is 0.396. The van der Waals surface area contributed by atoms with Crippen LogP contribution in [0.5, 0.6) is 5.75 Å². The number of H-pyrrole nitrogens is 1. The van der Waals surface area contributed by atoms with E-state index in [1.807, 2.05) is 30.3 Å². The van der Waals surface area contributed by atoms with Crippen molar-refractivity contribution in [3.8, 4) is 17.0 Å². The lowest BCUT2D eigenvalue weighted by Crippen LogP contribution is -2.41. The number of nitrogens with zero attached hydrogens (tertiary/aromatic N) is 1. The molecule has 2 aromatic heterocycles. The molecule has 0 bridgehead atoms. The van der Waals surface area contributed by atoms with Crippen LogP contribution in [0.3, 0.4) is 0 Å². The van der Waals surface area contributed by atoms with Crippen LogP contribution in [0.1, 0.15) is 26.7 Å². The molecule has 156 valence electrons. The van der Waals surface area contributed by atoms with E-state index < -0.39 is 11.8 Å². The van der Waals surface area contributed by atoms with Gasteiger partial charge in [0.05, 0.1) is 17.5 Å². The van der Waals surface area contributed by atoms with E-state index in [4.69, 9.17) is 20.8 Å². The third-order valence-electron chi connectivity index (χ3n) is 4.32. The van der Waals surface area contributed by atoms with Gasteiger partial charge in [0.1, 0.15) is 18.1 Å². The zero-order valence-electron chi connectivity index (χ0n) is 16.1. The Bertz CT molecular complexity index is 1190. The second-order valence-electron chi connectivity index (χ2n) is 6.44. The summed E-state index contributed by atoms with van der Waals surface area (Å²) >= 11 is 5.90. The fourth-order valence-electron chi connectivity index (χ4n) is 2.79. The fraction of sp³-hybridized carbons (Fsp3) is 0.0455. The molecule has 4 aromatic rings. The highest BCUT2D eigenvalue weighted by Gasteiger charge is 2.17. The van der Waals surface area contributed by atoms with E-state index in [1.54, 1.807) is 30.3 Å². The van der Waals surface area contributed by atoms with Crippen molar-refractivity contribution in [3.63, 3.8) is 0 Å². The number of amides is 2. The summed E-state index contributed by atoms with van der Waals surface area (Å²) < 4.78 is 11.1. The first-order chi connectivity index (χ1) is 15.1. The lowest BCUT2D eigenvalue weighted by molar-refractivity contribution is 0.0829. The first-order valence-corrected chi connectivity index (χ1v) is 9.64. The summed E-state index contributed by atoms with van der Waals surface area (Å²) in [6.45, 7) is 0.170. The Morgan fingerprint density at radius 3 is 2.48 bits per heavy atom. The molecule has 3 N–H and O–H groups in total. The van der Waals surface area contributed by atoms with Crippen LogP contribution < -0.4 is 15.6 Å². The molecule has 0 aliphatic rings. The van der Waals surface area contributed by atoms with Crippen LogP contribution in [0.4, 0.5) is 0 Å². The summed E-state index contributed by atoms with van der Waals surface area (Å²) in [7, 11) is 0. The second kappa shape index (κ2) is 9.19. The molecule has 0 saturated heterocycles. The van der Waals surface area contributed by atoms with Gasteiger partial charge in [-0.3, -0.25) is 25.5 Å². The van der Waals surface area contributed by atoms with Gasteiger partial charge in [0.25, 0.3) is 5.91 Å². The molecule has 2 heterocycles. The zero-order valence-corrected chi connectivity index (χ0v) is 16.8. The van der Waals surface area contributed by atoms with Crippen LogP contribution in [0.25, 0.3) is 11.3 Å². The van der Waals surface area contributed by atoms with Crippen LogP contribution in [-0.4, -0.2) is 22.0 Å². The fourth-order valence-corrected chi connectivity index (χ4v) is 2.91. The molecule has 0 spiro atoms. The standard InChI is InChI=1S/C22H17ClN4O4/c23-15-8-6-14(7-9-15)20-18(12-24-25-20)21(28)26-27-22(29)19-11-10-17(31-19)13-30-16-4-2-1-3-5-16/h1-12H,13H2,(H,24,25)(H,26,28)(H,27,29). The molecule has 4 rings (SSSR count). The maximum atomic E-state index is 12.5. The molecule has 0 aliphatic heterocycles. The van der Waals surface area contributed by atoms with Crippen molar-refractivity contribution in [1.29, 1.82) is 0 Å². The minimum Gasteiger partial charge on any atom is -0.486 e. The Hall–Kier alpha value is -4.04. The van der Waals surface area contributed by atoms with Crippen molar-refractivity contribution in [2.45, 2.75) is 6.61 Å². The number of benzene rings is 2. The molecule has 0 radical (unpaired) electrons. The van der Waals surface area contributed by atoms with E-state index in [9.17, 15) is 9.59 Å². The van der Waals surface area contributed by atoms with E-state index in [0.717, 1.165) is 5.56 Å². The normalized spacial score (nSPS) is 10.5. The number of carbonyl (C=O) groups is 2. The smallest absolute Gasteiger partial charge is 0.305 e. The monoisotopic (exact) mass is 436 g/mol. The van der Waals surface area contributed by atoms with Crippen LogP contribution in [0.2, 0.25) is 5.02 Å². The number of aromatic nitrogens is 2. The highest BCUT2D eigenvalue weighted by molar-refractivity contribution is 6.30. The Labute approximate surface area is 182 Å². The van der Waals surface area contributed by atoms with Gasteiger partial charge in [-0.05, 0) is 36.4 Å². The van der Waals surface area contributed by atoms with Crippen LogP contribution in [0, 0.1) is 0 Å². The van der Waals surface area contributed by atoms with Crippen molar-refractivity contribution in [2.24, 2.45) is 0 Å². The van der Waals surface area contributed by atoms with E-state index in [2.05, 4.69) is 21.0 Å². The molecule has 0 aliphatic carbocycles. The lowest BCUT2D eigenvalue weighted by atomic mass is 10.1. The number of hydrazine groups is 1. The molecule has 8 nitrogen and oxygen atoms in total. The molecular formula is C22H17ClN4O4. The summed E-state index contributed by atoms with van der Waals surface area (Å²) in [6.07, 6.45) is 1.37. The molecule has 0 fully saturated rings. The number of hydrogen-bond acceptors (Lipinski definition) is 5. The maximum Gasteiger partial charge on any atom is 0.305 e. The number of aromatic amines is 1. The molecule has 2 amide bonds. The summed E-state index contributed by atoms with van der Waals surface area (Å²) in [5.41, 5.74) is 6.18. The van der Waals surface area contributed by atoms with Crippen LogP contribution in [0.15, 0.2) is 77.3 Å². The van der Waals surface area contributed by atoms with E-state index in [1.165, 1.54) is 12.3 Å². The molecule has 0 saturated carbocycles. The van der Waals surface area contributed by atoms with Gasteiger partial charge in [0.2, 0.25) is 0 Å². The Kier molecular flexibility index (Phi) is 6.00. The average Bonchev–Trinajstić information content (AvgIpc) is 3.47. The molecule has 31 heavy (non-hydrogen) atoms. The first-order valence-electron chi connectivity index (χ1n) is 9.27. The highest BCUT2D eigenvalue weighted by atomic mass is 35.5. The van der Waals surface area contributed by atoms with Gasteiger partial charge in [0.15, 0.2) is 5.76 Å². The predicted octanol–water partition coefficient (Wildman–Crippen LogP) is 3.98. The average molecular weight is 437 g/mol. The molecule has 0 atom stereocenters. The van der Waals surface area contributed by atoms with Crippen molar-refractivity contribution >= 4 is 23.4 Å². The van der Waals surface area contributed by atoms with Gasteiger partial charge in [0, 0.05) is 10.6 Å². The number of furan rings is 1. The van der Waals surface area contributed by atoms with Crippen molar-refractivity contribution < 1.29 is 18.7 Å². The number of hydrogen-bond donors (Lipinski definition) is 3. The summed E-state index contributed by atoms with van der Waals surface area (Å²) in [4.78, 5) is 24.8. The second-order valence-corrected chi connectivity index (χ2v) is 6.88. The maximum absolute atomic E-state index is 12.5. The number of ether oxygens (including phenoxy) is 1. The summed E-state index contributed by atoms with van der Waals surface area (Å²) in [5.74, 6) is 0.0631. The number of carbonyl (C=O) groups excluding carboxylic acids is 2. The van der Waals surface area contributed by atoms with Gasteiger partial charge in [-0.2, -0.15) is 5.10 Å². The highest BCUT2D eigenvalue weighted by Crippen LogP contribution is 2.22. The minimum atomic E-state index is -0.601. The molecule has 0 unspecified atom stereocenters. The summed E-state index contributed by atoms with van der Waals surface area (Å²) in [5, 5.41) is 7.26. The van der Waals surface area contributed by atoms with Crippen molar-refractivity contribution in [3.05, 3.63) is 95.0 Å². The van der Waals surface area contributed by atoms with E-state index in [-0.39, 0.29) is 17.9 Å². The van der Waals surface area contributed by atoms with Crippen molar-refractivity contribution in [2.75, 3.05) is 0 Å². The van der Waals surface area contributed by atoms with Crippen molar-refractivity contribution in [1.82, 2.24) is 21.0 Å². The Morgan fingerprint density at radius 1 is 0.968 bits per heavy atom.